The Morgan fingerprint density at radius 2 is 1.67 bits per heavy atom. The van der Waals surface area contributed by atoms with E-state index in [1.807, 2.05) is 36.4 Å². The van der Waals surface area contributed by atoms with Crippen LogP contribution in [0.25, 0.3) is 10.8 Å². The molecule has 4 aromatic rings. The fourth-order valence-electron chi connectivity index (χ4n) is 3.25. The van der Waals surface area contributed by atoms with Gasteiger partial charge in [-0.3, -0.25) is 0 Å². The number of benzene rings is 3. The van der Waals surface area contributed by atoms with Crippen molar-refractivity contribution in [2.75, 3.05) is 13.2 Å². The molecule has 3 aromatic carbocycles. The van der Waals surface area contributed by atoms with Gasteiger partial charge in [-0.05, 0) is 40.6 Å². The van der Waals surface area contributed by atoms with Gasteiger partial charge in [0.2, 0.25) is 5.88 Å². The molecule has 152 valence electrons. The molecular formula is C25H23FN2O2. The van der Waals surface area contributed by atoms with Crippen LogP contribution in [0.1, 0.15) is 11.1 Å². The largest absolute Gasteiger partial charge is 0.489 e. The molecule has 1 heterocycles. The minimum absolute atomic E-state index is 0.248. The number of fused-ring (bicyclic) bond motifs is 1. The molecule has 0 aliphatic carbocycles. The van der Waals surface area contributed by atoms with E-state index in [0.29, 0.717) is 32.2 Å². The second-order valence-corrected chi connectivity index (χ2v) is 6.87. The molecule has 4 rings (SSSR count). The number of aromatic nitrogens is 1. The van der Waals surface area contributed by atoms with Crippen LogP contribution >= 0.6 is 0 Å². The van der Waals surface area contributed by atoms with Crippen molar-refractivity contribution in [3.8, 4) is 11.6 Å². The fraction of sp³-hybridized carbons (Fsp3) is 0.160. The van der Waals surface area contributed by atoms with Crippen LogP contribution in [-0.2, 0) is 13.2 Å². The third-order valence-corrected chi connectivity index (χ3v) is 4.77. The van der Waals surface area contributed by atoms with E-state index in [-0.39, 0.29) is 5.82 Å². The lowest BCUT2D eigenvalue weighted by atomic mass is 10.0. The summed E-state index contributed by atoms with van der Waals surface area (Å²) < 4.78 is 24.9. The molecule has 0 fully saturated rings. The van der Waals surface area contributed by atoms with E-state index in [2.05, 4.69) is 28.5 Å². The van der Waals surface area contributed by atoms with Crippen LogP contribution < -0.4 is 14.8 Å². The first-order valence-electron chi connectivity index (χ1n) is 9.92. The predicted octanol–water partition coefficient (Wildman–Crippen LogP) is 5.12. The van der Waals surface area contributed by atoms with Gasteiger partial charge in [0.15, 0.2) is 0 Å². The zero-order chi connectivity index (χ0) is 20.6. The SMILES string of the molecule is Fc1ccc(COc2ccc3ccccc3c2CNCCOc2ccccn2)cc1. The molecule has 0 aliphatic heterocycles. The van der Waals surface area contributed by atoms with Gasteiger partial charge in [0.25, 0.3) is 0 Å². The lowest BCUT2D eigenvalue weighted by Crippen LogP contribution is -2.21. The van der Waals surface area contributed by atoms with Crippen molar-refractivity contribution in [1.29, 1.82) is 0 Å². The summed E-state index contributed by atoms with van der Waals surface area (Å²) in [4.78, 5) is 4.15. The summed E-state index contributed by atoms with van der Waals surface area (Å²) >= 11 is 0. The molecule has 0 atom stereocenters. The van der Waals surface area contributed by atoms with E-state index >= 15 is 0 Å². The zero-order valence-electron chi connectivity index (χ0n) is 16.6. The first kappa shape index (κ1) is 19.9. The van der Waals surface area contributed by atoms with Gasteiger partial charge in [-0.25, -0.2) is 9.37 Å². The molecule has 4 nitrogen and oxygen atoms in total. The van der Waals surface area contributed by atoms with Crippen LogP contribution in [0, 0.1) is 5.82 Å². The van der Waals surface area contributed by atoms with Gasteiger partial charge in [-0.2, -0.15) is 0 Å². The van der Waals surface area contributed by atoms with Crippen molar-refractivity contribution in [3.63, 3.8) is 0 Å². The van der Waals surface area contributed by atoms with Gasteiger partial charge in [0.1, 0.15) is 24.8 Å². The maximum Gasteiger partial charge on any atom is 0.213 e. The fourth-order valence-corrected chi connectivity index (χ4v) is 3.25. The van der Waals surface area contributed by atoms with Crippen LogP contribution in [0.5, 0.6) is 11.6 Å². The Morgan fingerprint density at radius 1 is 0.833 bits per heavy atom. The van der Waals surface area contributed by atoms with E-state index in [1.54, 1.807) is 18.3 Å². The first-order valence-corrected chi connectivity index (χ1v) is 9.92. The molecule has 0 spiro atoms. The Morgan fingerprint density at radius 3 is 2.50 bits per heavy atom. The lowest BCUT2D eigenvalue weighted by Gasteiger charge is -2.15. The van der Waals surface area contributed by atoms with Crippen molar-refractivity contribution < 1.29 is 13.9 Å². The van der Waals surface area contributed by atoms with Gasteiger partial charge in [0, 0.05) is 30.9 Å². The van der Waals surface area contributed by atoms with E-state index in [0.717, 1.165) is 27.6 Å². The van der Waals surface area contributed by atoms with Crippen LogP contribution in [0.3, 0.4) is 0 Å². The van der Waals surface area contributed by atoms with Crippen molar-refractivity contribution >= 4 is 10.8 Å². The average Bonchev–Trinajstić information content (AvgIpc) is 2.79. The van der Waals surface area contributed by atoms with Gasteiger partial charge in [-0.15, -0.1) is 0 Å². The van der Waals surface area contributed by atoms with Crippen molar-refractivity contribution in [2.24, 2.45) is 0 Å². The molecule has 0 radical (unpaired) electrons. The third kappa shape index (κ3) is 5.13. The van der Waals surface area contributed by atoms with Gasteiger partial charge < -0.3 is 14.8 Å². The van der Waals surface area contributed by atoms with E-state index in [1.165, 1.54) is 12.1 Å². The number of halogens is 1. The molecule has 0 bridgehead atoms. The molecule has 0 aliphatic rings. The topological polar surface area (TPSA) is 43.4 Å². The van der Waals surface area contributed by atoms with Crippen LogP contribution in [0.15, 0.2) is 85.1 Å². The lowest BCUT2D eigenvalue weighted by molar-refractivity contribution is 0.295. The van der Waals surface area contributed by atoms with Crippen molar-refractivity contribution in [2.45, 2.75) is 13.2 Å². The zero-order valence-corrected chi connectivity index (χ0v) is 16.6. The van der Waals surface area contributed by atoms with Crippen LogP contribution in [0.2, 0.25) is 0 Å². The maximum absolute atomic E-state index is 13.1. The Bertz CT molecular complexity index is 1090. The van der Waals surface area contributed by atoms with E-state index < -0.39 is 0 Å². The van der Waals surface area contributed by atoms with Gasteiger partial charge >= 0.3 is 0 Å². The molecule has 0 saturated carbocycles. The maximum atomic E-state index is 13.1. The molecule has 0 unspecified atom stereocenters. The molecular weight excluding hydrogens is 379 g/mol. The Labute approximate surface area is 175 Å². The Kier molecular flexibility index (Phi) is 6.52. The number of rotatable bonds is 9. The highest BCUT2D eigenvalue weighted by Gasteiger charge is 2.09. The average molecular weight is 402 g/mol. The molecule has 0 saturated heterocycles. The monoisotopic (exact) mass is 402 g/mol. The van der Waals surface area contributed by atoms with Gasteiger partial charge in [-0.1, -0.05) is 48.5 Å². The number of nitrogens with zero attached hydrogens (tertiary/aromatic N) is 1. The van der Waals surface area contributed by atoms with E-state index in [4.69, 9.17) is 9.47 Å². The predicted molar refractivity (Wildman–Crippen MR) is 116 cm³/mol. The third-order valence-electron chi connectivity index (χ3n) is 4.77. The standard InChI is InChI=1S/C25H23FN2O2/c26-21-11-8-19(9-12-21)18-30-24-13-10-20-5-1-2-6-22(20)23(24)17-27-15-16-29-25-7-3-4-14-28-25/h1-14,27H,15-18H2. The summed E-state index contributed by atoms with van der Waals surface area (Å²) in [6.07, 6.45) is 1.71. The summed E-state index contributed by atoms with van der Waals surface area (Å²) in [6, 6.07) is 24.3. The number of ether oxygens (including phenoxy) is 2. The quantitative estimate of drug-likeness (QED) is 0.395. The number of hydrogen-bond donors (Lipinski definition) is 1. The first-order chi connectivity index (χ1) is 14.8. The summed E-state index contributed by atoms with van der Waals surface area (Å²) in [5, 5.41) is 5.73. The molecule has 0 amide bonds. The highest BCUT2D eigenvalue weighted by atomic mass is 19.1. The summed E-state index contributed by atoms with van der Waals surface area (Å²) in [5.41, 5.74) is 2.01. The number of hydrogen-bond acceptors (Lipinski definition) is 4. The second kappa shape index (κ2) is 9.85. The summed E-state index contributed by atoms with van der Waals surface area (Å²) in [5.74, 6) is 1.19. The van der Waals surface area contributed by atoms with Crippen molar-refractivity contribution in [1.82, 2.24) is 10.3 Å². The highest BCUT2D eigenvalue weighted by Crippen LogP contribution is 2.28. The van der Waals surface area contributed by atoms with Crippen molar-refractivity contribution in [3.05, 3.63) is 102 Å². The Hall–Kier alpha value is -3.44. The summed E-state index contributed by atoms with van der Waals surface area (Å²) in [7, 11) is 0. The highest BCUT2D eigenvalue weighted by molar-refractivity contribution is 5.87. The van der Waals surface area contributed by atoms with Gasteiger partial charge in [0.05, 0.1) is 0 Å². The summed E-state index contributed by atoms with van der Waals surface area (Å²) in [6.45, 7) is 2.23. The van der Waals surface area contributed by atoms with E-state index in [9.17, 15) is 4.39 Å². The second-order valence-electron chi connectivity index (χ2n) is 6.87. The molecule has 5 heteroatoms. The minimum atomic E-state index is -0.248. The Balaban J connectivity index is 1.42. The molecule has 1 aromatic heterocycles. The minimum Gasteiger partial charge on any atom is -0.489 e. The smallest absolute Gasteiger partial charge is 0.213 e. The van der Waals surface area contributed by atoms with Crippen LogP contribution in [0.4, 0.5) is 4.39 Å². The number of pyridine rings is 1. The molecule has 30 heavy (non-hydrogen) atoms. The number of nitrogens with one attached hydrogen (secondary N) is 1. The molecule has 1 N–H and O–H groups in total. The normalized spacial score (nSPS) is 10.8. The van der Waals surface area contributed by atoms with Crippen LogP contribution in [-0.4, -0.2) is 18.1 Å².